The minimum atomic E-state index is -0.490. The van der Waals surface area contributed by atoms with Crippen LogP contribution in [0.15, 0.2) is 48.5 Å². The number of amides is 1. The fourth-order valence-corrected chi connectivity index (χ4v) is 2.86. The zero-order valence-electron chi connectivity index (χ0n) is 15.8. The van der Waals surface area contributed by atoms with E-state index in [0.717, 1.165) is 17.9 Å². The maximum Gasteiger partial charge on any atom is 0.410 e. The summed E-state index contributed by atoms with van der Waals surface area (Å²) in [6.45, 7) is 6.75. The van der Waals surface area contributed by atoms with E-state index in [9.17, 15) is 4.79 Å². The van der Waals surface area contributed by atoms with Gasteiger partial charge in [0.2, 0.25) is 0 Å². The Balaban J connectivity index is 1.51. The predicted octanol–water partition coefficient (Wildman–Crippen LogP) is 5.52. The summed E-state index contributed by atoms with van der Waals surface area (Å²) in [5.74, 6) is 2.18. The van der Waals surface area contributed by atoms with E-state index in [1.54, 1.807) is 17.0 Å². The van der Waals surface area contributed by atoms with E-state index in [4.69, 9.17) is 25.8 Å². The Morgan fingerprint density at radius 1 is 1.00 bits per heavy atom. The Morgan fingerprint density at radius 2 is 1.56 bits per heavy atom. The largest absolute Gasteiger partial charge is 0.489 e. The van der Waals surface area contributed by atoms with E-state index >= 15 is 0 Å². The number of rotatable bonds is 4. The van der Waals surface area contributed by atoms with Gasteiger partial charge in [0, 0.05) is 18.0 Å². The first-order valence-corrected chi connectivity index (χ1v) is 9.34. The number of likely N-dealkylation sites (tertiary alicyclic amines) is 1. The Labute approximate surface area is 164 Å². The van der Waals surface area contributed by atoms with Crippen molar-refractivity contribution >= 4 is 17.7 Å². The third-order valence-electron chi connectivity index (χ3n) is 3.97. The maximum atomic E-state index is 12.1. The zero-order chi connectivity index (χ0) is 19.4. The second-order valence-electron chi connectivity index (χ2n) is 7.48. The molecule has 0 radical (unpaired) electrons. The lowest BCUT2D eigenvalue weighted by Gasteiger charge is -2.24. The molecule has 0 saturated carbocycles. The van der Waals surface area contributed by atoms with Crippen molar-refractivity contribution < 1.29 is 19.0 Å². The van der Waals surface area contributed by atoms with Gasteiger partial charge in [-0.2, -0.15) is 0 Å². The molecule has 5 nitrogen and oxygen atoms in total. The number of halogens is 1. The van der Waals surface area contributed by atoms with Gasteiger partial charge < -0.3 is 19.1 Å². The second kappa shape index (κ2) is 8.09. The molecule has 0 spiro atoms. The van der Waals surface area contributed by atoms with Crippen LogP contribution in [0.25, 0.3) is 0 Å². The number of nitrogens with zero attached hydrogens (tertiary/aromatic N) is 1. The zero-order valence-corrected chi connectivity index (χ0v) is 16.5. The summed E-state index contributed by atoms with van der Waals surface area (Å²) in [5, 5.41) is 0.670. The summed E-state index contributed by atoms with van der Waals surface area (Å²) in [7, 11) is 0. The van der Waals surface area contributed by atoms with Crippen molar-refractivity contribution in [2.24, 2.45) is 0 Å². The topological polar surface area (TPSA) is 48.0 Å². The van der Waals surface area contributed by atoms with Crippen molar-refractivity contribution in [2.45, 2.75) is 38.9 Å². The minimum Gasteiger partial charge on any atom is -0.489 e. The summed E-state index contributed by atoms with van der Waals surface area (Å²) >= 11 is 5.87. The summed E-state index contributed by atoms with van der Waals surface area (Å²) in [6.07, 6.45) is 0.447. The van der Waals surface area contributed by atoms with Crippen molar-refractivity contribution in [1.29, 1.82) is 0 Å². The standard InChI is InChI=1S/C21H24ClNO4/c1-21(2,3)27-20(24)23-13-12-19(14-23)26-18-10-8-17(9-11-18)25-16-6-4-15(22)5-7-16/h4-11,19H,12-14H2,1-3H3/t19-/m1/s1. The van der Waals surface area contributed by atoms with Gasteiger partial charge in [-0.25, -0.2) is 4.79 Å². The Bertz CT molecular complexity index is 768. The van der Waals surface area contributed by atoms with Gasteiger partial charge in [0.05, 0.1) is 6.54 Å². The Hall–Kier alpha value is -2.40. The van der Waals surface area contributed by atoms with E-state index in [-0.39, 0.29) is 12.2 Å². The number of hydrogen-bond donors (Lipinski definition) is 0. The fourth-order valence-electron chi connectivity index (χ4n) is 2.73. The molecule has 1 aliphatic rings. The average Bonchev–Trinajstić information content (AvgIpc) is 3.06. The number of ether oxygens (including phenoxy) is 3. The smallest absolute Gasteiger partial charge is 0.410 e. The molecule has 1 fully saturated rings. The lowest BCUT2D eigenvalue weighted by atomic mass is 10.2. The normalized spacial score (nSPS) is 16.9. The number of carbonyl (C=O) groups excluding carboxylic acids is 1. The third-order valence-corrected chi connectivity index (χ3v) is 4.22. The van der Waals surface area contributed by atoms with Crippen LogP contribution in [0.2, 0.25) is 5.02 Å². The van der Waals surface area contributed by atoms with Gasteiger partial charge in [0.15, 0.2) is 0 Å². The molecule has 0 N–H and O–H groups in total. The van der Waals surface area contributed by atoms with Crippen molar-refractivity contribution in [2.75, 3.05) is 13.1 Å². The first-order chi connectivity index (χ1) is 12.8. The maximum absolute atomic E-state index is 12.1. The molecule has 27 heavy (non-hydrogen) atoms. The van der Waals surface area contributed by atoms with Gasteiger partial charge >= 0.3 is 6.09 Å². The van der Waals surface area contributed by atoms with Crippen LogP contribution in [0.5, 0.6) is 17.2 Å². The van der Waals surface area contributed by atoms with E-state index in [2.05, 4.69) is 0 Å². The highest BCUT2D eigenvalue weighted by Gasteiger charge is 2.30. The lowest BCUT2D eigenvalue weighted by Crippen LogP contribution is -2.36. The average molecular weight is 390 g/mol. The number of carbonyl (C=O) groups is 1. The molecule has 1 heterocycles. The van der Waals surface area contributed by atoms with Crippen LogP contribution >= 0.6 is 11.6 Å². The Morgan fingerprint density at radius 3 is 2.15 bits per heavy atom. The van der Waals surface area contributed by atoms with Gasteiger partial charge in [0.1, 0.15) is 29.0 Å². The summed E-state index contributed by atoms with van der Waals surface area (Å²) < 4.78 is 17.2. The first-order valence-electron chi connectivity index (χ1n) is 8.96. The highest BCUT2D eigenvalue weighted by Crippen LogP contribution is 2.26. The highest BCUT2D eigenvalue weighted by molar-refractivity contribution is 6.30. The van der Waals surface area contributed by atoms with Crippen LogP contribution in [0.4, 0.5) is 4.79 Å². The second-order valence-corrected chi connectivity index (χ2v) is 7.92. The van der Waals surface area contributed by atoms with Crippen molar-refractivity contribution in [3.8, 4) is 17.2 Å². The van der Waals surface area contributed by atoms with Crippen LogP contribution in [0.1, 0.15) is 27.2 Å². The van der Waals surface area contributed by atoms with E-state index in [0.29, 0.717) is 23.9 Å². The quantitative estimate of drug-likeness (QED) is 0.690. The van der Waals surface area contributed by atoms with Gasteiger partial charge in [-0.3, -0.25) is 0 Å². The summed E-state index contributed by atoms with van der Waals surface area (Å²) in [5.41, 5.74) is -0.490. The molecule has 1 atom stereocenters. The molecule has 0 unspecified atom stereocenters. The van der Waals surface area contributed by atoms with Gasteiger partial charge in [-0.1, -0.05) is 11.6 Å². The highest BCUT2D eigenvalue weighted by atomic mass is 35.5. The van der Waals surface area contributed by atoms with Crippen molar-refractivity contribution in [1.82, 2.24) is 4.90 Å². The SMILES string of the molecule is CC(C)(C)OC(=O)N1CC[C@@H](Oc2ccc(Oc3ccc(Cl)cc3)cc2)C1. The van der Waals surface area contributed by atoms with Crippen molar-refractivity contribution in [3.63, 3.8) is 0 Å². The molecular weight excluding hydrogens is 366 g/mol. The van der Waals surface area contributed by atoms with Crippen molar-refractivity contribution in [3.05, 3.63) is 53.6 Å². The molecule has 6 heteroatoms. The van der Waals surface area contributed by atoms with Gasteiger partial charge in [-0.15, -0.1) is 0 Å². The molecule has 1 amide bonds. The summed E-state index contributed by atoms with van der Waals surface area (Å²) in [6, 6.07) is 14.6. The van der Waals surface area contributed by atoms with Gasteiger partial charge in [-0.05, 0) is 69.3 Å². The van der Waals surface area contributed by atoms with E-state index in [1.165, 1.54) is 0 Å². The molecule has 2 aromatic carbocycles. The molecule has 0 aromatic heterocycles. The van der Waals surface area contributed by atoms with Crippen LogP contribution in [0, 0.1) is 0 Å². The molecular formula is C21H24ClNO4. The van der Waals surface area contributed by atoms with Crippen LogP contribution in [0.3, 0.4) is 0 Å². The molecule has 144 valence electrons. The van der Waals surface area contributed by atoms with Crippen LogP contribution in [-0.4, -0.2) is 35.8 Å². The first kappa shape index (κ1) is 19.4. The fraction of sp³-hybridized carbons (Fsp3) is 0.381. The van der Waals surface area contributed by atoms with Crippen LogP contribution < -0.4 is 9.47 Å². The monoisotopic (exact) mass is 389 g/mol. The molecule has 3 rings (SSSR count). The lowest BCUT2D eigenvalue weighted by molar-refractivity contribution is 0.0275. The molecule has 2 aromatic rings. The number of hydrogen-bond acceptors (Lipinski definition) is 4. The molecule has 1 aliphatic heterocycles. The molecule has 1 saturated heterocycles. The van der Waals surface area contributed by atoms with E-state index in [1.807, 2.05) is 57.2 Å². The Kier molecular flexibility index (Phi) is 5.80. The van der Waals surface area contributed by atoms with E-state index < -0.39 is 5.60 Å². The summed E-state index contributed by atoms with van der Waals surface area (Å²) in [4.78, 5) is 13.8. The predicted molar refractivity (Wildman–Crippen MR) is 105 cm³/mol. The van der Waals surface area contributed by atoms with Crippen LogP contribution in [-0.2, 0) is 4.74 Å². The number of benzene rings is 2. The minimum absolute atomic E-state index is 0.0412. The third kappa shape index (κ3) is 5.79. The molecule has 0 aliphatic carbocycles. The van der Waals surface area contributed by atoms with Gasteiger partial charge in [0.25, 0.3) is 0 Å². The molecule has 0 bridgehead atoms.